The zero-order chi connectivity index (χ0) is 15.8. The third-order valence-electron chi connectivity index (χ3n) is 4.19. The van der Waals surface area contributed by atoms with Gasteiger partial charge in [0.25, 0.3) is 0 Å². The third kappa shape index (κ3) is 3.46. The summed E-state index contributed by atoms with van der Waals surface area (Å²) in [5.41, 5.74) is 9.87. The average molecular weight is 288 g/mol. The van der Waals surface area contributed by atoms with Crippen LogP contribution < -0.4 is 5.73 Å². The molecule has 0 bridgehead atoms. The highest BCUT2D eigenvalue weighted by Gasteiger charge is 2.38. The van der Waals surface area contributed by atoms with E-state index in [0.29, 0.717) is 6.42 Å². The van der Waals surface area contributed by atoms with Crippen LogP contribution in [0.1, 0.15) is 62.8 Å². The Labute approximate surface area is 128 Å². The van der Waals surface area contributed by atoms with Crippen molar-refractivity contribution in [3.63, 3.8) is 0 Å². The van der Waals surface area contributed by atoms with Crippen LogP contribution >= 0.6 is 0 Å². The molecule has 0 saturated carbocycles. The molecule has 1 aromatic carbocycles. The van der Waals surface area contributed by atoms with Crippen molar-refractivity contribution >= 4 is 5.91 Å². The molecular weight excluding hydrogens is 260 g/mol. The SMILES string of the molecule is Cc1cc(C)cc(C2C(N)CCCC(=O)N2C(C)(C)C)c1. The van der Waals surface area contributed by atoms with E-state index in [9.17, 15) is 4.79 Å². The zero-order valence-corrected chi connectivity index (χ0v) is 13.9. The van der Waals surface area contributed by atoms with E-state index >= 15 is 0 Å². The number of carbonyl (C=O) groups excluding carboxylic acids is 1. The van der Waals surface area contributed by atoms with Gasteiger partial charge < -0.3 is 10.6 Å². The number of aryl methyl sites for hydroxylation is 2. The van der Waals surface area contributed by atoms with E-state index in [4.69, 9.17) is 5.73 Å². The van der Waals surface area contributed by atoms with Gasteiger partial charge in [-0.15, -0.1) is 0 Å². The molecule has 1 heterocycles. The molecule has 0 aliphatic carbocycles. The summed E-state index contributed by atoms with van der Waals surface area (Å²) < 4.78 is 0. The van der Waals surface area contributed by atoms with Crippen LogP contribution in [0, 0.1) is 13.8 Å². The summed E-state index contributed by atoms with van der Waals surface area (Å²) in [7, 11) is 0. The van der Waals surface area contributed by atoms with Gasteiger partial charge in [0.2, 0.25) is 5.91 Å². The van der Waals surface area contributed by atoms with Crippen molar-refractivity contribution < 1.29 is 4.79 Å². The lowest BCUT2D eigenvalue weighted by Crippen LogP contribution is -2.51. The van der Waals surface area contributed by atoms with E-state index in [1.165, 1.54) is 16.7 Å². The summed E-state index contributed by atoms with van der Waals surface area (Å²) in [6.45, 7) is 10.5. The summed E-state index contributed by atoms with van der Waals surface area (Å²) in [6, 6.07) is 6.48. The molecule has 0 spiro atoms. The van der Waals surface area contributed by atoms with Gasteiger partial charge in [0.1, 0.15) is 0 Å². The van der Waals surface area contributed by atoms with Gasteiger partial charge in [0.05, 0.1) is 6.04 Å². The Morgan fingerprint density at radius 3 is 2.24 bits per heavy atom. The van der Waals surface area contributed by atoms with Gasteiger partial charge in [-0.1, -0.05) is 29.3 Å². The van der Waals surface area contributed by atoms with E-state index in [1.807, 2.05) is 4.90 Å². The van der Waals surface area contributed by atoms with E-state index < -0.39 is 0 Å². The predicted octanol–water partition coefficient (Wildman–Crippen LogP) is 3.48. The van der Waals surface area contributed by atoms with E-state index in [1.54, 1.807) is 0 Å². The Morgan fingerprint density at radius 1 is 1.14 bits per heavy atom. The molecule has 3 heteroatoms. The number of carbonyl (C=O) groups is 1. The Morgan fingerprint density at radius 2 is 1.71 bits per heavy atom. The molecule has 2 unspecified atom stereocenters. The molecular formula is C18H28N2O. The number of amides is 1. The molecule has 1 aliphatic heterocycles. The van der Waals surface area contributed by atoms with Crippen LogP contribution in [-0.4, -0.2) is 22.4 Å². The van der Waals surface area contributed by atoms with Gasteiger partial charge in [0.15, 0.2) is 0 Å². The average Bonchev–Trinajstić information content (AvgIpc) is 2.46. The standard InChI is InChI=1S/C18H28N2O/c1-12-9-13(2)11-14(10-12)17-15(19)7-6-8-16(21)20(17)18(3,4)5/h9-11,15,17H,6-8,19H2,1-5H3. The van der Waals surface area contributed by atoms with Crippen LogP contribution in [-0.2, 0) is 4.79 Å². The maximum absolute atomic E-state index is 12.6. The van der Waals surface area contributed by atoms with Crippen molar-refractivity contribution in [1.82, 2.24) is 4.90 Å². The van der Waals surface area contributed by atoms with Gasteiger partial charge in [0, 0.05) is 18.0 Å². The minimum Gasteiger partial charge on any atom is -0.329 e. The molecule has 1 saturated heterocycles. The lowest BCUT2D eigenvalue weighted by Gasteiger charge is -2.43. The first kappa shape index (κ1) is 16.0. The lowest BCUT2D eigenvalue weighted by atomic mass is 9.90. The second-order valence-electron chi connectivity index (χ2n) is 7.36. The van der Waals surface area contributed by atoms with Crippen molar-refractivity contribution in [3.05, 3.63) is 34.9 Å². The summed E-state index contributed by atoms with van der Waals surface area (Å²) >= 11 is 0. The Hall–Kier alpha value is -1.35. The first-order valence-electron chi connectivity index (χ1n) is 7.86. The highest BCUT2D eigenvalue weighted by molar-refractivity contribution is 5.78. The summed E-state index contributed by atoms with van der Waals surface area (Å²) in [5, 5.41) is 0. The molecule has 1 amide bonds. The fourth-order valence-electron chi connectivity index (χ4n) is 3.48. The summed E-state index contributed by atoms with van der Waals surface area (Å²) in [4.78, 5) is 14.6. The zero-order valence-electron chi connectivity index (χ0n) is 13.9. The van der Waals surface area contributed by atoms with Crippen molar-refractivity contribution in [2.24, 2.45) is 5.73 Å². The van der Waals surface area contributed by atoms with Gasteiger partial charge >= 0.3 is 0 Å². The van der Waals surface area contributed by atoms with Crippen molar-refractivity contribution in [2.75, 3.05) is 0 Å². The maximum Gasteiger partial charge on any atom is 0.223 e. The number of hydrogen-bond donors (Lipinski definition) is 1. The van der Waals surface area contributed by atoms with Crippen LogP contribution in [0.25, 0.3) is 0 Å². The Kier molecular flexibility index (Phi) is 4.43. The molecule has 2 N–H and O–H groups in total. The monoisotopic (exact) mass is 288 g/mol. The highest BCUT2D eigenvalue weighted by atomic mass is 16.2. The number of rotatable bonds is 1. The van der Waals surface area contributed by atoms with Gasteiger partial charge in [-0.25, -0.2) is 0 Å². The first-order valence-corrected chi connectivity index (χ1v) is 7.86. The van der Waals surface area contributed by atoms with Crippen LogP contribution in [0.3, 0.4) is 0 Å². The Balaban J connectivity index is 2.54. The summed E-state index contributed by atoms with van der Waals surface area (Å²) in [6.07, 6.45) is 2.39. The molecule has 1 aromatic rings. The van der Waals surface area contributed by atoms with Crippen LogP contribution in [0.15, 0.2) is 18.2 Å². The lowest BCUT2D eigenvalue weighted by molar-refractivity contribution is -0.139. The molecule has 1 fully saturated rings. The molecule has 116 valence electrons. The molecule has 2 rings (SSSR count). The van der Waals surface area contributed by atoms with Crippen LogP contribution in [0.5, 0.6) is 0 Å². The molecule has 3 nitrogen and oxygen atoms in total. The largest absolute Gasteiger partial charge is 0.329 e. The normalized spacial score (nSPS) is 24.1. The summed E-state index contributed by atoms with van der Waals surface area (Å²) in [5.74, 6) is 0.222. The number of likely N-dealkylation sites (tertiary alicyclic amines) is 1. The number of hydrogen-bond acceptors (Lipinski definition) is 2. The van der Waals surface area contributed by atoms with Crippen LogP contribution in [0.4, 0.5) is 0 Å². The predicted molar refractivity (Wildman–Crippen MR) is 87.1 cm³/mol. The van der Waals surface area contributed by atoms with E-state index in [2.05, 4.69) is 52.8 Å². The number of nitrogens with zero attached hydrogens (tertiary/aromatic N) is 1. The quantitative estimate of drug-likeness (QED) is 0.860. The molecule has 0 aromatic heterocycles. The third-order valence-corrected chi connectivity index (χ3v) is 4.19. The number of nitrogens with two attached hydrogens (primary N) is 1. The minimum atomic E-state index is -0.221. The van der Waals surface area contributed by atoms with E-state index in [-0.39, 0.29) is 23.5 Å². The van der Waals surface area contributed by atoms with Gasteiger partial charge in [-0.3, -0.25) is 4.79 Å². The van der Waals surface area contributed by atoms with Crippen molar-refractivity contribution in [1.29, 1.82) is 0 Å². The second-order valence-corrected chi connectivity index (χ2v) is 7.36. The number of benzene rings is 1. The topological polar surface area (TPSA) is 46.3 Å². The molecule has 2 atom stereocenters. The van der Waals surface area contributed by atoms with Gasteiger partial charge in [-0.2, -0.15) is 0 Å². The molecule has 1 aliphatic rings. The highest BCUT2D eigenvalue weighted by Crippen LogP contribution is 2.36. The Bertz CT molecular complexity index is 510. The molecule has 21 heavy (non-hydrogen) atoms. The van der Waals surface area contributed by atoms with Crippen LogP contribution in [0.2, 0.25) is 0 Å². The molecule has 0 radical (unpaired) electrons. The fraction of sp³-hybridized carbons (Fsp3) is 0.611. The van der Waals surface area contributed by atoms with Crippen molar-refractivity contribution in [2.45, 2.75) is 71.5 Å². The van der Waals surface area contributed by atoms with E-state index in [0.717, 1.165) is 12.8 Å². The maximum atomic E-state index is 12.6. The smallest absolute Gasteiger partial charge is 0.223 e. The first-order chi connectivity index (χ1) is 9.70. The van der Waals surface area contributed by atoms with Gasteiger partial charge in [-0.05, 0) is 53.0 Å². The minimum absolute atomic E-state index is 0.00289. The van der Waals surface area contributed by atoms with Crippen molar-refractivity contribution in [3.8, 4) is 0 Å². The second kappa shape index (κ2) is 5.80. The fourth-order valence-corrected chi connectivity index (χ4v) is 3.48.